The number of sulfonamides is 1. The standard InChI is InChI=1S/C15H21N5O3S/c1-3-4-10-20-14(7-9-17-20)18-15(21)12-19(2)24(22,23)13-6-5-8-16-11-13/h5-9,11H,3-4,10,12H2,1-2H3,(H,18,21). The molecule has 0 atom stereocenters. The van der Waals surface area contributed by atoms with Gasteiger partial charge in [-0.05, 0) is 18.6 Å². The Morgan fingerprint density at radius 2 is 2.12 bits per heavy atom. The van der Waals surface area contributed by atoms with Crippen molar-refractivity contribution in [2.75, 3.05) is 18.9 Å². The Balaban J connectivity index is 2.01. The third-order valence-corrected chi connectivity index (χ3v) is 5.20. The summed E-state index contributed by atoms with van der Waals surface area (Å²) in [5.74, 6) is 0.129. The molecule has 2 heterocycles. The summed E-state index contributed by atoms with van der Waals surface area (Å²) < 4.78 is 27.4. The van der Waals surface area contributed by atoms with Gasteiger partial charge in [-0.25, -0.2) is 13.1 Å². The summed E-state index contributed by atoms with van der Waals surface area (Å²) in [5.41, 5.74) is 0. The molecule has 1 N–H and O–H groups in total. The Labute approximate surface area is 141 Å². The van der Waals surface area contributed by atoms with E-state index < -0.39 is 15.9 Å². The lowest BCUT2D eigenvalue weighted by molar-refractivity contribution is -0.116. The van der Waals surface area contributed by atoms with Crippen molar-refractivity contribution in [1.82, 2.24) is 19.1 Å². The van der Waals surface area contributed by atoms with Gasteiger partial charge in [-0.1, -0.05) is 13.3 Å². The van der Waals surface area contributed by atoms with Gasteiger partial charge in [0.1, 0.15) is 10.7 Å². The van der Waals surface area contributed by atoms with E-state index in [0.717, 1.165) is 17.1 Å². The Morgan fingerprint density at radius 3 is 2.79 bits per heavy atom. The molecule has 0 bridgehead atoms. The number of carbonyl (C=O) groups excluding carboxylic acids is 1. The molecular formula is C15H21N5O3S. The Hall–Kier alpha value is -2.26. The maximum atomic E-state index is 12.4. The lowest BCUT2D eigenvalue weighted by Crippen LogP contribution is -2.35. The van der Waals surface area contributed by atoms with Crippen LogP contribution in [0, 0.1) is 0 Å². The molecule has 0 fully saturated rings. The van der Waals surface area contributed by atoms with Gasteiger partial charge < -0.3 is 5.32 Å². The molecule has 0 radical (unpaired) electrons. The quantitative estimate of drug-likeness (QED) is 0.774. The first kappa shape index (κ1) is 18.1. The van der Waals surface area contributed by atoms with Crippen LogP contribution >= 0.6 is 0 Å². The highest BCUT2D eigenvalue weighted by molar-refractivity contribution is 7.89. The van der Waals surface area contributed by atoms with Crippen molar-refractivity contribution in [3.8, 4) is 0 Å². The molecule has 2 aromatic heterocycles. The van der Waals surface area contributed by atoms with Crippen LogP contribution in [0.25, 0.3) is 0 Å². The summed E-state index contributed by atoms with van der Waals surface area (Å²) in [6, 6.07) is 4.66. The van der Waals surface area contributed by atoms with Gasteiger partial charge in [0.25, 0.3) is 0 Å². The predicted molar refractivity (Wildman–Crippen MR) is 89.8 cm³/mol. The fourth-order valence-electron chi connectivity index (χ4n) is 2.07. The maximum Gasteiger partial charge on any atom is 0.244 e. The van der Waals surface area contributed by atoms with Crippen molar-refractivity contribution in [1.29, 1.82) is 0 Å². The van der Waals surface area contributed by atoms with Gasteiger partial charge in [-0.3, -0.25) is 9.78 Å². The number of hydrogen-bond acceptors (Lipinski definition) is 5. The molecule has 8 nitrogen and oxygen atoms in total. The number of unbranched alkanes of at least 4 members (excludes halogenated alkanes) is 1. The molecule has 2 rings (SSSR count). The van der Waals surface area contributed by atoms with E-state index in [-0.39, 0.29) is 11.4 Å². The third-order valence-electron chi connectivity index (χ3n) is 3.42. The molecule has 130 valence electrons. The third kappa shape index (κ3) is 4.39. The summed E-state index contributed by atoms with van der Waals surface area (Å²) in [6.07, 6.45) is 6.30. The first-order valence-corrected chi connectivity index (χ1v) is 9.07. The van der Waals surface area contributed by atoms with E-state index in [4.69, 9.17) is 0 Å². The molecule has 0 aliphatic carbocycles. The second kappa shape index (κ2) is 8.02. The van der Waals surface area contributed by atoms with Crippen molar-refractivity contribution >= 4 is 21.7 Å². The summed E-state index contributed by atoms with van der Waals surface area (Å²) in [6.45, 7) is 2.47. The van der Waals surface area contributed by atoms with Crippen LogP contribution in [-0.4, -0.2) is 47.0 Å². The number of carbonyl (C=O) groups is 1. The van der Waals surface area contributed by atoms with Crippen molar-refractivity contribution in [3.05, 3.63) is 36.8 Å². The molecule has 0 spiro atoms. The van der Waals surface area contributed by atoms with Crippen LogP contribution in [0.2, 0.25) is 0 Å². The molecule has 24 heavy (non-hydrogen) atoms. The molecule has 0 unspecified atom stereocenters. The van der Waals surface area contributed by atoms with Crippen molar-refractivity contribution < 1.29 is 13.2 Å². The maximum absolute atomic E-state index is 12.4. The zero-order valence-electron chi connectivity index (χ0n) is 13.7. The topological polar surface area (TPSA) is 97.2 Å². The molecule has 0 saturated carbocycles. The number of pyridine rings is 1. The first-order chi connectivity index (χ1) is 11.4. The van der Waals surface area contributed by atoms with Crippen LogP contribution in [0.3, 0.4) is 0 Å². The van der Waals surface area contributed by atoms with Crippen LogP contribution in [0.4, 0.5) is 5.82 Å². The normalized spacial score (nSPS) is 11.6. The average Bonchev–Trinajstić information content (AvgIpc) is 3.00. The van der Waals surface area contributed by atoms with Gasteiger partial charge in [0, 0.05) is 32.1 Å². The van der Waals surface area contributed by atoms with Crippen molar-refractivity contribution in [2.45, 2.75) is 31.2 Å². The second-order valence-corrected chi connectivity index (χ2v) is 7.34. The van der Waals surface area contributed by atoms with Gasteiger partial charge in [-0.2, -0.15) is 9.40 Å². The molecular weight excluding hydrogens is 330 g/mol. The second-order valence-electron chi connectivity index (χ2n) is 5.29. The lowest BCUT2D eigenvalue weighted by Gasteiger charge is -2.17. The van der Waals surface area contributed by atoms with Crippen LogP contribution in [0.15, 0.2) is 41.7 Å². The van der Waals surface area contributed by atoms with Gasteiger partial charge in [0.15, 0.2) is 0 Å². The number of aromatic nitrogens is 3. The van der Waals surface area contributed by atoms with E-state index in [1.807, 2.05) is 0 Å². The summed E-state index contributed by atoms with van der Waals surface area (Å²) in [4.78, 5) is 16.0. The van der Waals surface area contributed by atoms with E-state index in [1.165, 1.54) is 31.6 Å². The van der Waals surface area contributed by atoms with Crippen LogP contribution < -0.4 is 5.32 Å². The minimum atomic E-state index is -3.75. The van der Waals surface area contributed by atoms with Crippen LogP contribution in [0.5, 0.6) is 0 Å². The minimum Gasteiger partial charge on any atom is -0.310 e. The van der Waals surface area contributed by atoms with E-state index >= 15 is 0 Å². The van der Waals surface area contributed by atoms with Gasteiger partial charge in [-0.15, -0.1) is 0 Å². The lowest BCUT2D eigenvalue weighted by atomic mass is 10.3. The van der Waals surface area contributed by atoms with Crippen molar-refractivity contribution in [2.24, 2.45) is 0 Å². The molecule has 0 saturated heterocycles. The molecule has 0 aromatic carbocycles. The number of nitrogens with zero attached hydrogens (tertiary/aromatic N) is 4. The zero-order valence-corrected chi connectivity index (χ0v) is 14.5. The fraction of sp³-hybridized carbons (Fsp3) is 0.400. The number of likely N-dealkylation sites (N-methyl/N-ethyl adjacent to an activating group) is 1. The number of anilines is 1. The number of amides is 1. The largest absolute Gasteiger partial charge is 0.310 e. The molecule has 1 amide bonds. The zero-order chi connectivity index (χ0) is 17.6. The van der Waals surface area contributed by atoms with Gasteiger partial charge in [0.2, 0.25) is 15.9 Å². The fourth-order valence-corrected chi connectivity index (χ4v) is 3.17. The monoisotopic (exact) mass is 351 g/mol. The Bertz CT molecular complexity index is 773. The number of hydrogen-bond donors (Lipinski definition) is 1. The number of nitrogens with one attached hydrogen (secondary N) is 1. The summed E-state index contributed by atoms with van der Waals surface area (Å²) in [7, 11) is -2.39. The van der Waals surface area contributed by atoms with Gasteiger partial charge in [0.05, 0.1) is 12.7 Å². The van der Waals surface area contributed by atoms with E-state index in [1.54, 1.807) is 16.9 Å². The molecule has 0 aliphatic heterocycles. The Morgan fingerprint density at radius 1 is 1.33 bits per heavy atom. The minimum absolute atomic E-state index is 0.0493. The van der Waals surface area contributed by atoms with Crippen LogP contribution in [0.1, 0.15) is 19.8 Å². The number of aryl methyl sites for hydroxylation is 1. The molecule has 0 aliphatic rings. The first-order valence-electron chi connectivity index (χ1n) is 7.63. The number of rotatable bonds is 8. The van der Waals surface area contributed by atoms with Crippen LogP contribution in [-0.2, 0) is 21.4 Å². The van der Waals surface area contributed by atoms with Crippen molar-refractivity contribution in [3.63, 3.8) is 0 Å². The highest BCUT2D eigenvalue weighted by Gasteiger charge is 2.23. The van der Waals surface area contributed by atoms with Gasteiger partial charge >= 0.3 is 0 Å². The Kier molecular flexibility index (Phi) is 6.04. The SMILES string of the molecule is CCCCn1nccc1NC(=O)CN(C)S(=O)(=O)c1cccnc1. The summed E-state index contributed by atoms with van der Waals surface area (Å²) in [5, 5.41) is 6.84. The highest BCUT2D eigenvalue weighted by atomic mass is 32.2. The predicted octanol–water partition coefficient (Wildman–Crippen LogP) is 1.34. The molecule has 9 heteroatoms. The van der Waals surface area contributed by atoms with E-state index in [2.05, 4.69) is 22.3 Å². The smallest absolute Gasteiger partial charge is 0.244 e. The highest BCUT2D eigenvalue weighted by Crippen LogP contribution is 2.13. The molecule has 2 aromatic rings. The average molecular weight is 351 g/mol. The summed E-state index contributed by atoms with van der Waals surface area (Å²) >= 11 is 0. The van der Waals surface area contributed by atoms with E-state index in [9.17, 15) is 13.2 Å². The van der Waals surface area contributed by atoms with E-state index in [0.29, 0.717) is 12.4 Å².